The Kier molecular flexibility index (Phi) is 73.9. The smallest absolute Gasteiger partial charge is 0.343 e. The highest BCUT2D eigenvalue weighted by Gasteiger charge is 2.26. The van der Waals surface area contributed by atoms with Crippen molar-refractivity contribution in [1.29, 1.82) is 0 Å². The van der Waals surface area contributed by atoms with E-state index in [1.54, 1.807) is 24.3 Å². The number of carbonyl (C=O) groups is 1. The molecule has 0 bridgehead atoms. The molecule has 1 saturated heterocycles. The third-order valence-electron chi connectivity index (χ3n) is 16.4. The van der Waals surface area contributed by atoms with Gasteiger partial charge in [0.15, 0.2) is 17.2 Å². The standard InChI is InChI=1S/C24H26.C23H20O2.C22H20O4.C20H25NO4.11C2H6/c1-19-3-7-21(8-4-19)11-13-23-15-17-24(18-16-23)14-12-22-9-5-20(2)6-10-22;1-18-3-7-20(8-4-18)11-12-21-13-15-23(16-14-21)25-24-17-22-9-5-19(2)6-10-22;1-16-3-11-20(12-4-16)25-22(23)19-9-7-18(8-10-19)15-24-26-21-13-5-17(2)6-14-21;1-15-3-7-17(8-4-15)13-22-25-20-11-18(21-12-20)14-23-24-19-9-5-16(2)6-10-19;11*1-2/h3-10,15-18H,11-14H2,1-2H3;3-10,13-16H,17H2,1-2H3;3-14H,15H2,1-2H3;3-10,18,20-21H,11-14H2,1-2H3;11*1-2H3. The van der Waals surface area contributed by atoms with E-state index in [0.29, 0.717) is 48.4 Å². The number of hydrogen-bond donors (Lipinski definition) is 1. The molecule has 0 aromatic heterocycles. The van der Waals surface area contributed by atoms with Gasteiger partial charge in [-0.25, -0.2) is 14.6 Å². The van der Waals surface area contributed by atoms with Gasteiger partial charge in [0.25, 0.3) is 0 Å². The summed E-state index contributed by atoms with van der Waals surface area (Å²) in [5.41, 5.74) is 21.0. The molecule has 1 N–H and O–H groups in total. The molecule has 0 saturated carbocycles. The van der Waals surface area contributed by atoms with Crippen LogP contribution < -0.4 is 24.7 Å². The summed E-state index contributed by atoms with van der Waals surface area (Å²) in [5.74, 6) is 8.45. The van der Waals surface area contributed by atoms with E-state index in [2.05, 4.69) is 161 Å². The van der Waals surface area contributed by atoms with Crippen LogP contribution in [0.4, 0.5) is 0 Å². The molecule has 0 spiro atoms. The molecule has 1 aliphatic heterocycles. The van der Waals surface area contributed by atoms with Crippen LogP contribution in [0, 0.1) is 67.2 Å². The first-order chi connectivity index (χ1) is 59.7. The van der Waals surface area contributed by atoms with Gasteiger partial charge in [0.05, 0.1) is 5.56 Å². The molecule has 2 unspecified atom stereocenters. The van der Waals surface area contributed by atoms with Crippen LogP contribution in [-0.2, 0) is 69.9 Å². The van der Waals surface area contributed by atoms with Gasteiger partial charge in [-0.2, -0.15) is 14.7 Å². The normalized spacial score (nSPS) is 11.0. The van der Waals surface area contributed by atoms with Crippen molar-refractivity contribution in [3.05, 3.63) is 367 Å². The van der Waals surface area contributed by atoms with E-state index in [9.17, 15) is 4.79 Å². The van der Waals surface area contributed by atoms with Crippen molar-refractivity contribution in [1.82, 2.24) is 5.32 Å². The van der Waals surface area contributed by atoms with E-state index in [1.165, 1.54) is 55.6 Å². The summed E-state index contributed by atoms with van der Waals surface area (Å²) in [5, 5.41) is 3.35. The minimum atomic E-state index is -0.391. The average Bonchev–Trinajstić information content (AvgIpc) is 1.27. The highest BCUT2D eigenvalue weighted by Crippen LogP contribution is 2.21. The van der Waals surface area contributed by atoms with E-state index < -0.39 is 5.97 Å². The van der Waals surface area contributed by atoms with Crippen LogP contribution in [0.15, 0.2) is 267 Å². The van der Waals surface area contributed by atoms with Crippen molar-refractivity contribution < 1.29 is 48.6 Å². The van der Waals surface area contributed by atoms with Gasteiger partial charge in [-0.1, -0.05) is 391 Å². The Morgan fingerprint density at radius 1 is 0.279 bits per heavy atom. The summed E-state index contributed by atoms with van der Waals surface area (Å²) >= 11 is 0. The lowest BCUT2D eigenvalue weighted by atomic mass is 10.00. The van der Waals surface area contributed by atoms with Gasteiger partial charge < -0.3 is 24.7 Å². The molecular weight excluding hydrogens is 1510 g/mol. The monoisotopic (exact) mass is 1660 g/mol. The molecule has 1 heterocycles. The van der Waals surface area contributed by atoms with Crippen LogP contribution in [0.25, 0.3) is 0 Å². The molecule has 122 heavy (non-hydrogen) atoms. The fourth-order valence-corrected chi connectivity index (χ4v) is 10.1. The van der Waals surface area contributed by atoms with E-state index in [-0.39, 0.29) is 18.8 Å². The van der Waals surface area contributed by atoms with Gasteiger partial charge in [-0.15, -0.1) is 0 Å². The number of ether oxygens (including phenoxy) is 1. The Labute approximate surface area is 742 Å². The molecule has 12 rings (SSSR count). The zero-order valence-electron chi connectivity index (χ0n) is 80.7. The summed E-state index contributed by atoms with van der Waals surface area (Å²) in [7, 11) is 0. The van der Waals surface area contributed by atoms with Crippen LogP contribution in [0.1, 0.15) is 264 Å². The Balaban J connectivity index is -0.00000143. The third kappa shape index (κ3) is 53.4. The zero-order chi connectivity index (χ0) is 92.1. The van der Waals surface area contributed by atoms with Gasteiger partial charge >= 0.3 is 5.97 Å². The fraction of sp³-hybridized carbons (Fsp3) is 0.378. The van der Waals surface area contributed by atoms with Gasteiger partial charge in [0.2, 0.25) is 0 Å². The molecular formula is C111H157NO10. The van der Waals surface area contributed by atoms with Crippen LogP contribution in [0.2, 0.25) is 0 Å². The van der Waals surface area contributed by atoms with Crippen LogP contribution >= 0.6 is 0 Å². The van der Waals surface area contributed by atoms with Gasteiger partial charge in [0, 0.05) is 23.7 Å². The van der Waals surface area contributed by atoms with E-state index in [0.717, 1.165) is 77.6 Å². The highest BCUT2D eigenvalue weighted by molar-refractivity contribution is 5.91. The average molecular weight is 1670 g/mol. The molecule has 0 amide bonds. The number of nitrogens with one attached hydrogen (secondary N) is 1. The molecule has 0 aliphatic carbocycles. The second-order valence-corrected chi connectivity index (χ2v) is 25.3. The maximum absolute atomic E-state index is 12.2. The van der Waals surface area contributed by atoms with Crippen molar-refractivity contribution >= 4 is 5.97 Å². The molecule has 11 heteroatoms. The number of rotatable bonds is 24. The number of hydrogen-bond acceptors (Lipinski definition) is 11. The first-order valence-electron chi connectivity index (χ1n) is 45.1. The lowest BCUT2D eigenvalue weighted by molar-refractivity contribution is -0.329. The quantitative estimate of drug-likeness (QED) is 0.0205. The number of benzene rings is 11. The minimum absolute atomic E-state index is 0.0263. The van der Waals surface area contributed by atoms with E-state index in [4.69, 9.17) is 43.8 Å². The van der Waals surface area contributed by atoms with Crippen LogP contribution in [0.5, 0.6) is 23.0 Å². The van der Waals surface area contributed by atoms with Crippen LogP contribution in [0.3, 0.4) is 0 Å². The lowest BCUT2D eigenvalue weighted by Crippen LogP contribution is -2.27. The summed E-state index contributed by atoms with van der Waals surface area (Å²) in [6, 6.07) is 89.0. The minimum Gasteiger partial charge on any atom is -0.423 e. The highest BCUT2D eigenvalue weighted by atomic mass is 17.2. The van der Waals surface area contributed by atoms with Gasteiger partial charge in [-0.05, 0) is 211 Å². The van der Waals surface area contributed by atoms with Crippen molar-refractivity contribution in [2.75, 3.05) is 13.2 Å². The van der Waals surface area contributed by atoms with Crippen molar-refractivity contribution in [2.45, 2.75) is 272 Å². The first-order valence-corrected chi connectivity index (χ1v) is 45.1. The fourth-order valence-electron chi connectivity index (χ4n) is 10.1. The lowest BCUT2D eigenvalue weighted by Gasteiger charge is -2.11. The Bertz CT molecular complexity index is 4100. The molecule has 666 valence electrons. The molecule has 1 fully saturated rings. The first kappa shape index (κ1) is 116. The zero-order valence-corrected chi connectivity index (χ0v) is 80.7. The maximum Gasteiger partial charge on any atom is 0.343 e. The number of esters is 1. The van der Waals surface area contributed by atoms with Gasteiger partial charge in [-0.3, -0.25) is 0 Å². The van der Waals surface area contributed by atoms with Gasteiger partial charge in [0.1, 0.15) is 38.3 Å². The van der Waals surface area contributed by atoms with Crippen molar-refractivity contribution in [3.63, 3.8) is 0 Å². The molecule has 1 aliphatic rings. The summed E-state index contributed by atoms with van der Waals surface area (Å²) in [6.45, 7) is 62.8. The summed E-state index contributed by atoms with van der Waals surface area (Å²) in [4.78, 5) is 54.7. The third-order valence-corrected chi connectivity index (χ3v) is 16.4. The predicted molar refractivity (Wildman–Crippen MR) is 523 cm³/mol. The Morgan fingerprint density at radius 2 is 0.508 bits per heavy atom. The largest absolute Gasteiger partial charge is 0.423 e. The second kappa shape index (κ2) is 77.9. The number of aryl methyl sites for hydroxylation is 12. The molecule has 0 radical (unpaired) electrons. The Morgan fingerprint density at radius 3 is 0.820 bits per heavy atom. The second-order valence-electron chi connectivity index (χ2n) is 25.3. The Hall–Kier alpha value is -10.4. The summed E-state index contributed by atoms with van der Waals surface area (Å²) < 4.78 is 5.35. The molecule has 2 atom stereocenters. The number of carbonyl (C=O) groups excluding carboxylic acids is 1. The molecule has 11 aromatic carbocycles. The predicted octanol–water partition coefficient (Wildman–Crippen LogP) is 30.9. The van der Waals surface area contributed by atoms with E-state index in [1.807, 2.05) is 307 Å². The summed E-state index contributed by atoms with van der Waals surface area (Å²) in [6.07, 6.45) is 5.30. The van der Waals surface area contributed by atoms with Crippen molar-refractivity contribution in [3.8, 4) is 34.8 Å². The molecule has 11 nitrogen and oxygen atoms in total. The topological polar surface area (TPSA) is 112 Å². The van der Waals surface area contributed by atoms with Crippen molar-refractivity contribution in [2.24, 2.45) is 0 Å². The maximum atomic E-state index is 12.2. The molecule has 11 aromatic rings. The SMILES string of the molecule is CC.CC.CC.CC.CC.CC.CC.CC.CC.CC.CC.Cc1ccc(C#Cc2ccc(OOCc3ccc(C)cc3)cc2)cc1.Cc1ccc(CCc2ccc(CCc3ccc(C)cc3)cc2)cc1.Cc1ccc(COOC2CNC(COOc3ccc(C)cc3)C2)cc1.Cc1ccc(OOCc2ccc(C(=O)Oc3ccc(C)cc3)cc2)cc1. The van der Waals surface area contributed by atoms with Crippen LogP contribution in [-0.4, -0.2) is 31.3 Å². The van der Waals surface area contributed by atoms with E-state index >= 15 is 0 Å².